The van der Waals surface area contributed by atoms with Crippen molar-refractivity contribution >= 4 is 0 Å². The van der Waals surface area contributed by atoms with Crippen molar-refractivity contribution < 1.29 is 5.11 Å². The number of hydrogen-bond acceptors (Lipinski definition) is 2. The van der Waals surface area contributed by atoms with E-state index in [0.29, 0.717) is 11.8 Å². The summed E-state index contributed by atoms with van der Waals surface area (Å²) in [7, 11) is 0. The first-order valence-electron chi connectivity index (χ1n) is 5.15. The van der Waals surface area contributed by atoms with E-state index in [9.17, 15) is 5.11 Å². The molecule has 0 aromatic heterocycles. The maximum atomic E-state index is 9.58. The molecule has 2 nitrogen and oxygen atoms in total. The van der Waals surface area contributed by atoms with E-state index in [4.69, 9.17) is 0 Å². The molecule has 1 aromatic rings. The summed E-state index contributed by atoms with van der Waals surface area (Å²) in [5, 5.41) is 12.9. The molecule has 1 aromatic carbocycles. The van der Waals surface area contributed by atoms with E-state index in [2.05, 4.69) is 19.2 Å². The van der Waals surface area contributed by atoms with Gasteiger partial charge in [0.05, 0.1) is 0 Å². The fourth-order valence-corrected chi connectivity index (χ4v) is 1.28. The number of rotatable bonds is 4. The quantitative estimate of drug-likeness (QED) is 0.770. The van der Waals surface area contributed by atoms with Crippen molar-refractivity contribution in [1.82, 2.24) is 5.32 Å². The monoisotopic (exact) mass is 193 g/mol. The second-order valence-corrected chi connectivity index (χ2v) is 3.82. The van der Waals surface area contributed by atoms with Gasteiger partial charge in [-0.25, -0.2) is 0 Å². The smallest absolute Gasteiger partial charge is 0.120 e. The second kappa shape index (κ2) is 5.01. The Morgan fingerprint density at radius 1 is 1.43 bits per heavy atom. The topological polar surface area (TPSA) is 32.3 Å². The highest BCUT2D eigenvalue weighted by Gasteiger charge is 2.02. The molecule has 0 amide bonds. The van der Waals surface area contributed by atoms with Gasteiger partial charge in [-0.05, 0) is 26.3 Å². The van der Waals surface area contributed by atoms with Gasteiger partial charge in [0.1, 0.15) is 5.75 Å². The van der Waals surface area contributed by atoms with Gasteiger partial charge in [0.25, 0.3) is 0 Å². The lowest BCUT2D eigenvalue weighted by Crippen LogP contribution is -2.24. The van der Waals surface area contributed by atoms with E-state index in [1.165, 1.54) is 5.56 Å². The Balaban J connectivity index is 2.62. The minimum Gasteiger partial charge on any atom is -0.508 e. The number of aromatic hydroxyl groups is 1. The molecule has 14 heavy (non-hydrogen) atoms. The summed E-state index contributed by atoms with van der Waals surface area (Å²) in [6, 6.07) is 6.19. The lowest BCUT2D eigenvalue weighted by atomic mass is 10.1. The highest BCUT2D eigenvalue weighted by atomic mass is 16.3. The average molecular weight is 193 g/mol. The van der Waals surface area contributed by atoms with Gasteiger partial charge in [-0.15, -0.1) is 0 Å². The Bertz CT molecular complexity index is 296. The van der Waals surface area contributed by atoms with Crippen LogP contribution in [0.3, 0.4) is 0 Å². The van der Waals surface area contributed by atoms with Gasteiger partial charge in [0.2, 0.25) is 0 Å². The summed E-state index contributed by atoms with van der Waals surface area (Å²) in [5.74, 6) is 0.381. The highest BCUT2D eigenvalue weighted by molar-refractivity contribution is 5.35. The van der Waals surface area contributed by atoms with Crippen molar-refractivity contribution in [3.63, 3.8) is 0 Å². The summed E-state index contributed by atoms with van der Waals surface area (Å²) in [6.07, 6.45) is 1.10. The Kier molecular flexibility index (Phi) is 3.96. The molecule has 0 fully saturated rings. The minimum absolute atomic E-state index is 0.381. The van der Waals surface area contributed by atoms with Gasteiger partial charge in [0, 0.05) is 18.2 Å². The zero-order valence-corrected chi connectivity index (χ0v) is 9.17. The van der Waals surface area contributed by atoms with Gasteiger partial charge < -0.3 is 10.4 Å². The van der Waals surface area contributed by atoms with Crippen molar-refractivity contribution in [2.24, 2.45) is 0 Å². The molecule has 2 N–H and O–H groups in total. The third-order valence-corrected chi connectivity index (χ3v) is 2.49. The minimum atomic E-state index is 0.381. The fraction of sp³-hybridized carbons (Fsp3) is 0.500. The Morgan fingerprint density at radius 2 is 2.14 bits per heavy atom. The normalized spacial score (nSPS) is 12.8. The van der Waals surface area contributed by atoms with Gasteiger partial charge in [-0.3, -0.25) is 0 Å². The van der Waals surface area contributed by atoms with Crippen molar-refractivity contribution in [2.75, 3.05) is 0 Å². The van der Waals surface area contributed by atoms with Crippen LogP contribution in [-0.4, -0.2) is 11.1 Å². The van der Waals surface area contributed by atoms with Crippen molar-refractivity contribution in [1.29, 1.82) is 0 Å². The molecule has 0 aliphatic rings. The maximum Gasteiger partial charge on any atom is 0.120 e. The van der Waals surface area contributed by atoms with Gasteiger partial charge in [-0.2, -0.15) is 0 Å². The molecule has 1 unspecified atom stereocenters. The third kappa shape index (κ3) is 3.04. The number of nitrogens with one attached hydrogen (secondary N) is 1. The predicted octanol–water partition coefficient (Wildman–Crippen LogP) is 2.59. The van der Waals surface area contributed by atoms with Gasteiger partial charge >= 0.3 is 0 Å². The zero-order chi connectivity index (χ0) is 10.6. The van der Waals surface area contributed by atoms with E-state index in [0.717, 1.165) is 18.5 Å². The van der Waals surface area contributed by atoms with Crippen molar-refractivity contribution in [3.8, 4) is 5.75 Å². The molecule has 2 heteroatoms. The van der Waals surface area contributed by atoms with Crippen LogP contribution in [0.25, 0.3) is 0 Å². The molecule has 1 atom stereocenters. The SMILES string of the molecule is CCC(C)NCc1cc(C)ccc1O. The largest absolute Gasteiger partial charge is 0.508 e. The summed E-state index contributed by atoms with van der Waals surface area (Å²) in [5.41, 5.74) is 2.16. The van der Waals surface area contributed by atoms with Crippen LogP contribution in [0.5, 0.6) is 5.75 Å². The lowest BCUT2D eigenvalue weighted by molar-refractivity contribution is 0.457. The van der Waals surface area contributed by atoms with E-state index in [-0.39, 0.29) is 0 Å². The Labute approximate surface area is 86.0 Å². The molecule has 78 valence electrons. The molecule has 0 aliphatic heterocycles. The summed E-state index contributed by atoms with van der Waals surface area (Å²) in [6.45, 7) is 7.06. The van der Waals surface area contributed by atoms with Crippen LogP contribution in [0.2, 0.25) is 0 Å². The van der Waals surface area contributed by atoms with Crippen LogP contribution in [-0.2, 0) is 6.54 Å². The Morgan fingerprint density at radius 3 is 2.79 bits per heavy atom. The summed E-state index contributed by atoms with van der Waals surface area (Å²) in [4.78, 5) is 0. The van der Waals surface area contributed by atoms with Crippen molar-refractivity contribution in [3.05, 3.63) is 29.3 Å². The molecule has 0 radical (unpaired) electrons. The molecule has 0 saturated carbocycles. The van der Waals surface area contributed by atoms with E-state index >= 15 is 0 Å². The molecule has 0 heterocycles. The second-order valence-electron chi connectivity index (χ2n) is 3.82. The molecule has 0 bridgehead atoms. The van der Waals surface area contributed by atoms with Crippen LogP contribution < -0.4 is 5.32 Å². The summed E-state index contributed by atoms with van der Waals surface area (Å²) >= 11 is 0. The molecule has 1 rings (SSSR count). The highest BCUT2D eigenvalue weighted by Crippen LogP contribution is 2.17. The van der Waals surface area contributed by atoms with Crippen molar-refractivity contribution in [2.45, 2.75) is 39.8 Å². The first-order valence-corrected chi connectivity index (χ1v) is 5.15. The van der Waals surface area contributed by atoms with Crippen LogP contribution in [0.4, 0.5) is 0 Å². The zero-order valence-electron chi connectivity index (χ0n) is 9.17. The molecular formula is C12H19NO. The number of aryl methyl sites for hydroxylation is 1. The predicted molar refractivity (Wildman–Crippen MR) is 59.4 cm³/mol. The number of hydrogen-bond donors (Lipinski definition) is 2. The van der Waals surface area contributed by atoms with Crippen LogP contribution in [0, 0.1) is 6.92 Å². The van der Waals surface area contributed by atoms with Gasteiger partial charge in [0.15, 0.2) is 0 Å². The first kappa shape index (κ1) is 11.1. The standard InChI is InChI=1S/C12H19NO/c1-4-10(3)13-8-11-7-9(2)5-6-12(11)14/h5-7,10,13-14H,4,8H2,1-3H3. The average Bonchev–Trinajstić information content (AvgIpc) is 2.19. The van der Waals surface area contributed by atoms with E-state index in [1.54, 1.807) is 6.07 Å². The molecular weight excluding hydrogens is 174 g/mol. The lowest BCUT2D eigenvalue weighted by Gasteiger charge is -2.12. The first-order chi connectivity index (χ1) is 6.63. The molecule has 0 spiro atoms. The number of phenols is 1. The Hall–Kier alpha value is -1.02. The van der Waals surface area contributed by atoms with Crippen LogP contribution in [0.15, 0.2) is 18.2 Å². The molecule has 0 aliphatic carbocycles. The number of phenolic OH excluding ortho intramolecular Hbond substituents is 1. The number of benzene rings is 1. The van der Waals surface area contributed by atoms with Crippen LogP contribution in [0.1, 0.15) is 31.4 Å². The van der Waals surface area contributed by atoms with E-state index < -0.39 is 0 Å². The van der Waals surface area contributed by atoms with Gasteiger partial charge in [-0.1, -0.05) is 24.6 Å². The van der Waals surface area contributed by atoms with E-state index in [1.807, 2.05) is 19.1 Å². The fourth-order valence-electron chi connectivity index (χ4n) is 1.28. The molecule has 0 saturated heterocycles. The maximum absolute atomic E-state index is 9.58. The third-order valence-electron chi connectivity index (χ3n) is 2.49. The van der Waals surface area contributed by atoms with Crippen LogP contribution >= 0.6 is 0 Å². The summed E-state index contributed by atoms with van der Waals surface area (Å²) < 4.78 is 0.